The third-order valence-corrected chi connectivity index (χ3v) is 8.94. The second kappa shape index (κ2) is 10.2. The molecule has 0 saturated heterocycles. The first-order chi connectivity index (χ1) is 16.6. The molecular formula is C24H19BrF2N2O4S2. The molecule has 0 amide bonds. The number of fused-ring (bicyclic) bond motifs is 1. The van der Waals surface area contributed by atoms with Crippen LogP contribution < -0.4 is 5.43 Å². The molecule has 4 rings (SSSR count). The van der Waals surface area contributed by atoms with E-state index in [0.717, 1.165) is 12.1 Å². The summed E-state index contributed by atoms with van der Waals surface area (Å²) in [5.74, 6) is -1.45. The van der Waals surface area contributed by atoms with Gasteiger partial charge >= 0.3 is 0 Å². The van der Waals surface area contributed by atoms with Crippen LogP contribution in [0.5, 0.6) is 0 Å². The number of nitro groups is 1. The van der Waals surface area contributed by atoms with Gasteiger partial charge in [0.25, 0.3) is 5.69 Å². The summed E-state index contributed by atoms with van der Waals surface area (Å²) in [6.07, 6.45) is 1.42. The van der Waals surface area contributed by atoms with Crippen molar-refractivity contribution in [1.82, 2.24) is 4.57 Å². The van der Waals surface area contributed by atoms with E-state index in [4.69, 9.17) is 0 Å². The molecule has 2 aromatic heterocycles. The number of nitrogens with zero attached hydrogens (tertiary/aromatic N) is 2. The Morgan fingerprint density at radius 1 is 1.11 bits per heavy atom. The highest BCUT2D eigenvalue weighted by Crippen LogP contribution is 2.40. The van der Waals surface area contributed by atoms with Gasteiger partial charge in [-0.2, -0.15) is 0 Å². The van der Waals surface area contributed by atoms with Gasteiger partial charge in [-0.05, 0) is 60.4 Å². The first-order valence-corrected chi connectivity index (χ1v) is 13.6. The fourth-order valence-electron chi connectivity index (χ4n) is 3.73. The van der Waals surface area contributed by atoms with Gasteiger partial charge in [-0.25, -0.2) is 8.78 Å². The highest BCUT2D eigenvalue weighted by Gasteiger charge is 2.27. The number of hydrogen-bond donors (Lipinski definition) is 0. The van der Waals surface area contributed by atoms with Crippen molar-refractivity contribution in [2.75, 3.05) is 0 Å². The standard InChI is InChI=1S/C24H19BrF2N2O4S2/c1-13(2)35(33)20-12-28(11-17-18(26)4-3-5-19(17)27)24-21(22(20)30)16(10-25)23(34-24)14-6-8-15(9-7-14)29(31)32/h3-9,12-13H,10-11H2,1-2H3. The number of alkyl halides is 1. The van der Waals surface area contributed by atoms with Crippen molar-refractivity contribution >= 4 is 54.3 Å². The van der Waals surface area contributed by atoms with Gasteiger partial charge in [0, 0.05) is 27.9 Å². The van der Waals surface area contributed by atoms with E-state index in [1.165, 1.54) is 35.7 Å². The predicted octanol–water partition coefficient (Wildman–Crippen LogP) is 6.38. The van der Waals surface area contributed by atoms with Gasteiger partial charge in [-0.3, -0.25) is 14.9 Å². The zero-order chi connectivity index (χ0) is 25.4. The molecule has 0 spiro atoms. The van der Waals surface area contributed by atoms with E-state index in [2.05, 4.69) is 15.9 Å². The quantitative estimate of drug-likeness (QED) is 0.110. The SMILES string of the molecule is CC(C)[S+]([O-])c1cn(Cc2c(F)cccc2F)c2sc(-c3ccc([N+](=O)[O-])cc3)c(CBr)c2c1=O. The predicted molar refractivity (Wildman–Crippen MR) is 138 cm³/mol. The van der Waals surface area contributed by atoms with Crippen LogP contribution >= 0.6 is 27.3 Å². The van der Waals surface area contributed by atoms with Crippen molar-refractivity contribution in [1.29, 1.82) is 0 Å². The minimum Gasteiger partial charge on any atom is -0.611 e. The lowest BCUT2D eigenvalue weighted by Crippen LogP contribution is -2.24. The number of non-ortho nitro benzene ring substituents is 1. The van der Waals surface area contributed by atoms with Crippen molar-refractivity contribution in [3.8, 4) is 10.4 Å². The normalized spacial score (nSPS) is 12.4. The molecule has 0 N–H and O–H groups in total. The summed E-state index contributed by atoms with van der Waals surface area (Å²) in [6.45, 7) is 3.24. The van der Waals surface area contributed by atoms with E-state index in [0.29, 0.717) is 26.2 Å². The van der Waals surface area contributed by atoms with E-state index in [-0.39, 0.29) is 33.3 Å². The molecule has 35 heavy (non-hydrogen) atoms. The van der Waals surface area contributed by atoms with Crippen LogP contribution in [0.4, 0.5) is 14.5 Å². The maximum Gasteiger partial charge on any atom is 0.269 e. The van der Waals surface area contributed by atoms with Crippen LogP contribution in [0.3, 0.4) is 0 Å². The van der Waals surface area contributed by atoms with Crippen molar-refractivity contribution in [2.45, 2.75) is 35.9 Å². The van der Waals surface area contributed by atoms with Crippen LogP contribution in [0.25, 0.3) is 20.7 Å². The lowest BCUT2D eigenvalue weighted by molar-refractivity contribution is -0.384. The maximum atomic E-state index is 14.5. The molecule has 2 heterocycles. The summed E-state index contributed by atoms with van der Waals surface area (Å²) in [7, 11) is 0. The number of hydrogen-bond acceptors (Lipinski definition) is 5. The molecule has 0 aliphatic rings. The summed E-state index contributed by atoms with van der Waals surface area (Å²) in [6, 6.07) is 9.52. The highest BCUT2D eigenvalue weighted by atomic mass is 79.9. The average Bonchev–Trinajstić information content (AvgIpc) is 3.22. The number of benzene rings is 2. The van der Waals surface area contributed by atoms with Crippen LogP contribution in [-0.4, -0.2) is 19.3 Å². The highest BCUT2D eigenvalue weighted by molar-refractivity contribution is 9.08. The zero-order valence-electron chi connectivity index (χ0n) is 18.6. The van der Waals surface area contributed by atoms with E-state index >= 15 is 0 Å². The van der Waals surface area contributed by atoms with E-state index in [1.54, 1.807) is 30.5 Å². The number of aromatic nitrogens is 1. The van der Waals surface area contributed by atoms with Crippen LogP contribution in [0.15, 0.2) is 58.4 Å². The lowest BCUT2D eigenvalue weighted by Gasteiger charge is -2.17. The smallest absolute Gasteiger partial charge is 0.269 e. The molecule has 182 valence electrons. The summed E-state index contributed by atoms with van der Waals surface area (Å²) in [5.41, 5.74) is 0.620. The van der Waals surface area contributed by atoms with Gasteiger partial charge in [0.2, 0.25) is 10.3 Å². The molecule has 4 aromatic rings. The van der Waals surface area contributed by atoms with Crippen LogP contribution in [0, 0.1) is 21.7 Å². The topological polar surface area (TPSA) is 88.2 Å². The fraction of sp³-hybridized carbons (Fsp3) is 0.208. The van der Waals surface area contributed by atoms with Crippen LogP contribution in [0.1, 0.15) is 25.0 Å². The summed E-state index contributed by atoms with van der Waals surface area (Å²) >= 11 is 3.03. The summed E-state index contributed by atoms with van der Waals surface area (Å²) in [5, 5.41) is 11.3. The zero-order valence-corrected chi connectivity index (χ0v) is 21.8. The molecule has 1 unspecified atom stereocenters. The van der Waals surface area contributed by atoms with Crippen molar-refractivity contribution in [2.24, 2.45) is 0 Å². The number of thiophene rings is 1. The molecule has 0 radical (unpaired) electrons. The minimum absolute atomic E-state index is 0.0551. The Bertz CT molecular complexity index is 1470. The third kappa shape index (κ3) is 4.77. The van der Waals surface area contributed by atoms with Crippen molar-refractivity contribution < 1.29 is 18.3 Å². The Kier molecular flexibility index (Phi) is 7.41. The Labute approximate surface area is 214 Å². The second-order valence-electron chi connectivity index (χ2n) is 8.02. The summed E-state index contributed by atoms with van der Waals surface area (Å²) in [4.78, 5) is 25.3. The van der Waals surface area contributed by atoms with E-state index in [9.17, 15) is 28.2 Å². The van der Waals surface area contributed by atoms with E-state index < -0.39 is 33.2 Å². The Morgan fingerprint density at radius 2 is 1.74 bits per heavy atom. The monoisotopic (exact) mass is 580 g/mol. The molecule has 11 heteroatoms. The van der Waals surface area contributed by atoms with Crippen LogP contribution in [0.2, 0.25) is 0 Å². The molecule has 0 bridgehead atoms. The Balaban J connectivity index is 2.01. The van der Waals surface area contributed by atoms with E-state index in [1.807, 2.05) is 0 Å². The number of rotatable bonds is 7. The molecule has 0 aliphatic carbocycles. The fourth-order valence-corrected chi connectivity index (χ4v) is 6.80. The average molecular weight is 581 g/mol. The molecule has 2 aromatic carbocycles. The molecular weight excluding hydrogens is 562 g/mol. The second-order valence-corrected chi connectivity index (χ2v) is 11.6. The lowest BCUT2D eigenvalue weighted by atomic mass is 10.1. The molecule has 0 aliphatic heterocycles. The minimum atomic E-state index is -1.64. The largest absolute Gasteiger partial charge is 0.611 e. The summed E-state index contributed by atoms with van der Waals surface area (Å²) < 4.78 is 43.5. The molecule has 6 nitrogen and oxygen atoms in total. The number of nitro benzene ring substituents is 1. The first kappa shape index (κ1) is 25.5. The Morgan fingerprint density at radius 3 is 2.29 bits per heavy atom. The Hall–Kier alpha value is -2.60. The van der Waals surface area contributed by atoms with Gasteiger partial charge in [0.1, 0.15) is 21.7 Å². The number of halogens is 3. The van der Waals surface area contributed by atoms with Gasteiger partial charge in [0.15, 0.2) is 0 Å². The van der Waals surface area contributed by atoms with Gasteiger partial charge in [0.05, 0.1) is 23.1 Å². The van der Waals surface area contributed by atoms with Crippen LogP contribution in [-0.2, 0) is 23.1 Å². The maximum absolute atomic E-state index is 14.5. The van der Waals surface area contributed by atoms with Gasteiger partial charge < -0.3 is 9.12 Å². The molecule has 1 atom stereocenters. The van der Waals surface area contributed by atoms with Gasteiger partial charge in [-0.15, -0.1) is 11.3 Å². The van der Waals surface area contributed by atoms with Crippen molar-refractivity contribution in [3.63, 3.8) is 0 Å². The number of pyridine rings is 1. The third-order valence-electron chi connectivity index (χ3n) is 5.48. The first-order valence-electron chi connectivity index (χ1n) is 10.5. The molecule has 0 saturated carbocycles. The van der Waals surface area contributed by atoms with Crippen molar-refractivity contribution in [3.05, 3.63) is 91.8 Å². The molecule has 0 fully saturated rings. The van der Waals surface area contributed by atoms with Gasteiger partial charge in [-0.1, -0.05) is 22.0 Å².